The summed E-state index contributed by atoms with van der Waals surface area (Å²) < 4.78 is 0. The first-order chi connectivity index (χ1) is 2.27. The van der Waals surface area contributed by atoms with E-state index in [-0.39, 0.29) is 146 Å². The van der Waals surface area contributed by atoms with Crippen molar-refractivity contribution in [2.75, 3.05) is 0 Å². The number of hydrogen-bond acceptors (Lipinski definition) is 1. The smallest absolute Gasteiger partial charge is 0.187 e. The van der Waals surface area contributed by atoms with Gasteiger partial charge in [-0.15, -0.1) is 88.2 Å². The van der Waals surface area contributed by atoms with E-state index in [0.717, 1.165) is 6.42 Å². The van der Waals surface area contributed by atoms with Gasteiger partial charge in [0.15, 0.2) is 52.1 Å². The zero-order valence-corrected chi connectivity index (χ0v) is 13.8. The van der Waals surface area contributed by atoms with Crippen molar-refractivity contribution in [1.82, 2.24) is 0 Å². The van der Waals surface area contributed by atoms with Crippen LogP contribution in [-0.2, 0) is 0 Å². The lowest BCUT2D eigenvalue weighted by Crippen LogP contribution is -1.93. The van der Waals surface area contributed by atoms with Gasteiger partial charge in [-0.25, -0.2) is 0 Å². The molecule has 0 bridgehead atoms. The van der Waals surface area contributed by atoms with Gasteiger partial charge in [0.25, 0.3) is 0 Å². The number of hydrogen-bond donors (Lipinski definition) is 1. The van der Waals surface area contributed by atoms with E-state index in [2.05, 4.69) is 0 Å². The van der Waals surface area contributed by atoms with Crippen molar-refractivity contribution in [1.29, 1.82) is 0 Å². The number of rotatable bonds is 1. The highest BCUT2D eigenvalue weighted by molar-refractivity contribution is 8.93. The van der Waals surface area contributed by atoms with E-state index in [1.54, 1.807) is 6.92 Å². The van der Waals surface area contributed by atoms with Crippen LogP contribution in [0.15, 0.2) is 0 Å². The molecule has 10 heteroatoms. The molecule has 0 fully saturated rings. The molecule has 1 N–H and O–H groups in total. The van der Waals surface area contributed by atoms with Crippen molar-refractivity contribution in [2.45, 2.75) is 26.4 Å². The fraction of sp³-hybridized carbons (Fsp3) is 1.00. The van der Waals surface area contributed by atoms with Crippen LogP contribution in [0.2, 0.25) is 0 Å². The second-order valence-corrected chi connectivity index (χ2v) is 1.26. The molecule has 0 rings (SSSR count). The summed E-state index contributed by atoms with van der Waals surface area (Å²) >= 11 is 0. The van der Waals surface area contributed by atoms with Crippen LogP contribution in [0.5, 0.6) is 0 Å². The summed E-state index contributed by atoms with van der Waals surface area (Å²) in [6.07, 6.45) is 0.745. The summed E-state index contributed by atoms with van der Waals surface area (Å²) in [5.74, 6) is 0. The van der Waals surface area contributed by atoms with Gasteiger partial charge in [-0.3, -0.25) is 0 Å². The first-order valence-corrected chi connectivity index (χ1v) is 1.95. The Morgan fingerprint density at radius 1 is 0.857 bits per heavy atom. The summed E-state index contributed by atoms with van der Waals surface area (Å²) in [5, 5.41) is 8.36. The third kappa shape index (κ3) is 102. The van der Waals surface area contributed by atoms with Gasteiger partial charge in [0.1, 0.15) is 0 Å². The Balaban J connectivity index is -0.00000000222. The fourth-order valence-corrected chi connectivity index (χ4v) is 0. The number of halogens is 6. The minimum absolute atomic E-state index is 0. The molecule has 0 aromatic rings. The van der Waals surface area contributed by atoms with Gasteiger partial charge in [-0.1, -0.05) is 6.92 Å². The molecule has 98 valence electrons. The lowest BCUT2D eigenvalue weighted by molar-refractivity contribution is 0.191. The summed E-state index contributed by atoms with van der Waals surface area (Å²) in [6.45, 7) is 3.73. The largest absolute Gasteiger partial charge is 0.393 e. The normalized spacial score (nSPS) is 5.36. The van der Waals surface area contributed by atoms with Crippen LogP contribution in [-0.4, -0.2) is 63.3 Å². The first kappa shape index (κ1) is 82.1. The molecule has 0 aromatic carbocycles. The summed E-state index contributed by atoms with van der Waals surface area (Å²) in [6, 6.07) is 0. The average molecular weight is 516 g/mol. The molecule has 1 atom stereocenters. The lowest BCUT2D eigenvalue weighted by atomic mass is 10.3. The monoisotopic (exact) mass is 512 g/mol. The first-order valence-electron chi connectivity index (χ1n) is 1.95. The van der Waals surface area contributed by atoms with Crippen LogP contribution >= 0.6 is 88.2 Å². The van der Waals surface area contributed by atoms with E-state index >= 15 is 0 Å². The van der Waals surface area contributed by atoms with Crippen LogP contribution < -0.4 is 0 Å². The maximum atomic E-state index is 8.36. The van der Waals surface area contributed by atoms with E-state index < -0.39 is 0 Å². The highest BCUT2D eigenvalue weighted by Crippen LogP contribution is 1.81. The minimum Gasteiger partial charge on any atom is -0.393 e. The predicted octanol–water partition coefficient (Wildman–Crippen LogP) is 0.225. The van der Waals surface area contributed by atoms with Gasteiger partial charge in [-0.05, 0) is 13.3 Å². The molecule has 0 radical (unpaired) electrons. The summed E-state index contributed by atoms with van der Waals surface area (Å²) in [7, 11) is 0. The molecule has 0 spiro atoms. The Labute approximate surface area is 169 Å². The fourth-order valence-electron chi connectivity index (χ4n) is 0. The van der Waals surface area contributed by atoms with Crippen molar-refractivity contribution in [3.8, 4) is 0 Å². The molecule has 1 nitrogen and oxygen atoms in total. The Morgan fingerprint density at radius 2 is 0.929 bits per heavy atom. The van der Waals surface area contributed by atoms with Crippen molar-refractivity contribution >= 4 is 140 Å². The van der Waals surface area contributed by atoms with Crippen LogP contribution in [0.4, 0.5) is 0 Å². The Morgan fingerprint density at radius 3 is 0.929 bits per heavy atom. The Hall–Kier alpha value is 3.87. The Bertz CT molecular complexity index is 45.0. The molecule has 0 aliphatic carbocycles. The third-order valence-corrected chi connectivity index (χ3v) is 0.591. The third-order valence-electron chi connectivity index (χ3n) is 0.591. The van der Waals surface area contributed by atoms with Crippen LogP contribution in [0, 0.1) is 0 Å². The van der Waals surface area contributed by atoms with Crippen molar-refractivity contribution in [3.05, 3.63) is 0 Å². The molecule has 1 unspecified atom stereocenters. The van der Waals surface area contributed by atoms with Gasteiger partial charge in [-0.2, -0.15) is 0 Å². The van der Waals surface area contributed by atoms with Crippen molar-refractivity contribution < 1.29 is 5.11 Å². The van der Waals surface area contributed by atoms with Gasteiger partial charge in [0.05, 0.1) is 6.10 Å². The molecule has 0 aliphatic heterocycles. The molecule has 0 aliphatic rings. The quantitative estimate of drug-likeness (QED) is 0.495. The van der Waals surface area contributed by atoms with Gasteiger partial charge in [0.2, 0.25) is 0 Å². The topological polar surface area (TPSA) is 20.2 Å². The minimum atomic E-state index is -0.116. The second-order valence-electron chi connectivity index (χ2n) is 1.26. The maximum Gasteiger partial charge on any atom is 0.187 e. The predicted molar refractivity (Wildman–Crippen MR) is 104 cm³/mol. The van der Waals surface area contributed by atoms with Gasteiger partial charge < -0.3 is 5.11 Å². The standard InChI is InChI=1S/C4H10O.3Al.3BrH.3ClH.9H/c1-3-4(2)5;;;;;;;;;;;;;;;;;;/h4-5H,3H2,1-2H3;;;;6*1H;;;;;;;;;. The summed E-state index contributed by atoms with van der Waals surface area (Å²) in [5.41, 5.74) is 0. The van der Waals surface area contributed by atoms with Crippen LogP contribution in [0.3, 0.4) is 0 Å². The Kier molecular flexibility index (Phi) is 402. The molecule has 0 saturated carbocycles. The molecular weight excluding hydrogens is 491 g/mol. The van der Waals surface area contributed by atoms with Crippen molar-refractivity contribution in [3.63, 3.8) is 0 Å². The SMILES string of the molecule is Br.Br.Br.CCC(C)O.Cl.Cl.Cl.[AlH3].[AlH3].[AlH3]. The number of aliphatic hydroxyl groups excluding tert-OH is 1. The molecule has 0 heterocycles. The molecule has 0 saturated heterocycles. The zero-order chi connectivity index (χ0) is 4.28. The highest BCUT2D eigenvalue weighted by Gasteiger charge is 1.81. The van der Waals surface area contributed by atoms with E-state index in [9.17, 15) is 0 Å². The molecular formula is C4H25Al3Br3Cl3O. The second kappa shape index (κ2) is 68.6. The van der Waals surface area contributed by atoms with Crippen molar-refractivity contribution in [2.24, 2.45) is 0 Å². The molecule has 14 heavy (non-hydrogen) atoms. The summed E-state index contributed by atoms with van der Waals surface area (Å²) in [4.78, 5) is 0. The average Bonchev–Trinajstić information content (AvgIpc) is 1.38. The highest BCUT2D eigenvalue weighted by atomic mass is 79.9. The molecule has 0 aromatic heterocycles. The maximum absolute atomic E-state index is 8.36. The van der Waals surface area contributed by atoms with Gasteiger partial charge >= 0.3 is 0 Å². The van der Waals surface area contributed by atoms with E-state index in [1.165, 1.54) is 0 Å². The van der Waals surface area contributed by atoms with E-state index in [4.69, 9.17) is 5.11 Å². The van der Waals surface area contributed by atoms with Gasteiger partial charge in [0, 0.05) is 0 Å². The molecule has 0 amide bonds. The zero-order valence-electron chi connectivity index (χ0n) is 6.18. The lowest BCUT2D eigenvalue weighted by Gasteiger charge is -1.90. The number of aliphatic hydroxyl groups is 1. The van der Waals surface area contributed by atoms with E-state index in [0.29, 0.717) is 0 Å². The van der Waals surface area contributed by atoms with Crippen LogP contribution in [0.1, 0.15) is 20.3 Å². The van der Waals surface area contributed by atoms with Crippen LogP contribution in [0.25, 0.3) is 0 Å². The van der Waals surface area contributed by atoms with E-state index in [1.807, 2.05) is 6.92 Å².